The zero-order valence-electron chi connectivity index (χ0n) is 20.5. The largest absolute Gasteiger partial charge is 0.376 e. The summed E-state index contributed by atoms with van der Waals surface area (Å²) in [6, 6.07) is -0.786. The molecule has 0 spiro atoms. The molecule has 4 aromatic rings. The number of carbonyl (C=O) groups is 1. The number of hydrogen-bond donors (Lipinski definition) is 2. The van der Waals surface area contributed by atoms with Gasteiger partial charge in [0.15, 0.2) is 11.2 Å². The van der Waals surface area contributed by atoms with Gasteiger partial charge in [-0.25, -0.2) is 24.7 Å². The van der Waals surface area contributed by atoms with Crippen LogP contribution < -0.4 is 21.5 Å². The van der Waals surface area contributed by atoms with E-state index in [1.807, 2.05) is 0 Å². The third-order valence-corrected chi connectivity index (χ3v) is 8.48. The van der Waals surface area contributed by atoms with Crippen LogP contribution in [0.1, 0.15) is 27.2 Å². The minimum absolute atomic E-state index is 0. The Bertz CT molecular complexity index is 1650. The van der Waals surface area contributed by atoms with Gasteiger partial charge in [-0.15, -0.1) is 11.3 Å². The molecule has 13 nitrogen and oxygen atoms in total. The van der Waals surface area contributed by atoms with Crippen LogP contribution in [0, 0.1) is 11.8 Å². The van der Waals surface area contributed by atoms with E-state index in [0.717, 1.165) is 47.4 Å². The molecule has 2 N–H and O–H groups in total. The first-order valence-corrected chi connectivity index (χ1v) is 13.5. The molecule has 3 fully saturated rings. The molecule has 4 atom stereocenters. The van der Waals surface area contributed by atoms with Crippen LogP contribution in [-0.4, -0.2) is 65.8 Å². The highest BCUT2D eigenvalue weighted by molar-refractivity contribution is 7.13. The van der Waals surface area contributed by atoms with E-state index < -0.39 is 17.3 Å². The van der Waals surface area contributed by atoms with Crippen molar-refractivity contribution < 1.29 is 11.0 Å². The predicted molar refractivity (Wildman–Crippen MR) is 141 cm³/mol. The highest BCUT2D eigenvalue weighted by atomic mass is 32.1. The molecule has 1 amide bonds. The maximum Gasteiger partial charge on any atom is 0.330 e. The summed E-state index contributed by atoms with van der Waals surface area (Å²) in [5, 5.41) is 5.25. The van der Waals surface area contributed by atoms with E-state index in [1.165, 1.54) is 28.7 Å². The van der Waals surface area contributed by atoms with E-state index in [4.69, 9.17) is 4.74 Å². The van der Waals surface area contributed by atoms with Gasteiger partial charge in [-0.2, -0.15) is 0 Å². The maximum atomic E-state index is 13.1. The molecule has 0 aromatic carbocycles. The second-order valence-corrected chi connectivity index (χ2v) is 11.0. The number of nitrogens with zero attached hydrogens (tertiary/aromatic N) is 7. The Morgan fingerprint density at radius 2 is 2.03 bits per heavy atom. The van der Waals surface area contributed by atoms with E-state index >= 15 is 0 Å². The molecule has 0 radical (unpaired) electrons. The van der Waals surface area contributed by atoms with Crippen LogP contribution in [0.15, 0.2) is 33.7 Å². The Balaban J connectivity index is 0.00000277. The van der Waals surface area contributed by atoms with Crippen LogP contribution in [0.25, 0.3) is 21.7 Å². The molecule has 0 bridgehead atoms. The van der Waals surface area contributed by atoms with Gasteiger partial charge in [0.1, 0.15) is 16.9 Å². The summed E-state index contributed by atoms with van der Waals surface area (Å²) in [7, 11) is 0. The van der Waals surface area contributed by atoms with Crippen LogP contribution in [0.5, 0.6) is 0 Å². The molecule has 7 rings (SSSR count). The van der Waals surface area contributed by atoms with Crippen LogP contribution in [0.2, 0.25) is 0 Å². The minimum atomic E-state index is -0.786. The van der Waals surface area contributed by atoms with Crippen LogP contribution in [0.3, 0.4) is 0 Å². The van der Waals surface area contributed by atoms with Crippen LogP contribution >= 0.6 is 11.3 Å². The van der Waals surface area contributed by atoms with Gasteiger partial charge in [0.05, 0.1) is 19.0 Å². The van der Waals surface area contributed by atoms with Gasteiger partial charge in [-0.3, -0.25) is 19.1 Å². The smallest absolute Gasteiger partial charge is 0.330 e. The Hall–Kier alpha value is -3.91. The van der Waals surface area contributed by atoms with Gasteiger partial charge in [-0.05, 0) is 31.6 Å². The minimum Gasteiger partial charge on any atom is -0.376 e. The topological polar surface area (TPSA) is 153 Å². The van der Waals surface area contributed by atoms with E-state index in [0.29, 0.717) is 17.4 Å². The number of imidazole rings is 1. The molecule has 1 saturated carbocycles. The maximum absolute atomic E-state index is 13.1. The van der Waals surface area contributed by atoms with Gasteiger partial charge >= 0.3 is 5.69 Å². The second kappa shape index (κ2) is 8.84. The summed E-state index contributed by atoms with van der Waals surface area (Å²) < 4.78 is 7.93. The fraction of sp³-hybridized carbons (Fsp3) is 0.458. The molecule has 38 heavy (non-hydrogen) atoms. The zero-order chi connectivity index (χ0) is 26.0. The summed E-state index contributed by atoms with van der Waals surface area (Å²) in [5.74, 6) is 2.36. The number of aromatic amines is 1. The van der Waals surface area contributed by atoms with Crippen molar-refractivity contribution in [2.45, 2.75) is 38.5 Å². The number of ether oxygens (including phenoxy) is 1. The van der Waals surface area contributed by atoms with Gasteiger partial charge in [0.25, 0.3) is 5.56 Å². The van der Waals surface area contributed by atoms with Crippen molar-refractivity contribution in [3.8, 4) is 10.6 Å². The first-order valence-electron chi connectivity index (χ1n) is 12.6. The molecule has 2 aliphatic heterocycles. The van der Waals surface area contributed by atoms with Gasteiger partial charge in [-0.1, -0.05) is 0 Å². The number of aromatic nitrogens is 7. The fourth-order valence-corrected chi connectivity index (χ4v) is 5.85. The quantitative estimate of drug-likeness (QED) is 0.357. The Kier molecular flexibility index (Phi) is 5.40. The van der Waals surface area contributed by atoms with Crippen LogP contribution in [-0.2, 0) is 16.1 Å². The third kappa shape index (κ3) is 4.00. The lowest BCUT2D eigenvalue weighted by Crippen LogP contribution is -2.42. The number of fused-ring (bicyclic) bond motifs is 2. The molecular weight excluding hydrogens is 510 g/mol. The summed E-state index contributed by atoms with van der Waals surface area (Å²) >= 11 is 1.38. The third-order valence-electron chi connectivity index (χ3n) is 7.59. The lowest BCUT2D eigenvalue weighted by Gasteiger charge is -2.26. The van der Waals surface area contributed by atoms with Crippen molar-refractivity contribution in [3.63, 3.8) is 0 Å². The van der Waals surface area contributed by atoms with Gasteiger partial charge in [0.2, 0.25) is 11.9 Å². The van der Waals surface area contributed by atoms with Crippen molar-refractivity contribution in [1.29, 1.82) is 0 Å². The molecule has 6 heterocycles. The standard InChI is InChI=1S/C24H25N9O4S.H2/c1-12(33-11-27-19-18(33)22(35)32(24(36)30-19)9-16-2-3-37-16)20(34)28-17-10-38-21(29-17)15-5-25-23(26-6-15)31-7-13-4-14(13)8-31;/h5-6,10-14,16H,2-4,7-9H2,1H3,(H,28,34)(H,30,36);1H/t12-,13?,14?,16?;/m0./s1. The lowest BCUT2D eigenvalue weighted by molar-refractivity contribution is -0.118. The number of thiazole rings is 1. The Morgan fingerprint density at radius 3 is 2.74 bits per heavy atom. The van der Waals surface area contributed by atoms with Gasteiger partial charge in [0, 0.05) is 44.5 Å². The predicted octanol–water partition coefficient (Wildman–Crippen LogP) is 1.49. The molecule has 14 heteroatoms. The van der Waals surface area contributed by atoms with Crippen molar-refractivity contribution >= 4 is 40.2 Å². The monoisotopic (exact) mass is 537 g/mol. The highest BCUT2D eigenvalue weighted by Crippen LogP contribution is 2.45. The average Bonchev–Trinajstić information content (AvgIpc) is 3.25. The summed E-state index contributed by atoms with van der Waals surface area (Å²) in [6.07, 6.45) is 6.84. The summed E-state index contributed by atoms with van der Waals surface area (Å²) in [5.41, 5.74) is -0.00257. The molecule has 1 aliphatic carbocycles. The molecular formula is C24H27N9O4S. The zero-order valence-corrected chi connectivity index (χ0v) is 21.3. The number of anilines is 2. The fourth-order valence-electron chi connectivity index (χ4n) is 5.12. The summed E-state index contributed by atoms with van der Waals surface area (Å²) in [4.78, 5) is 61.2. The van der Waals surface area contributed by atoms with Crippen LogP contribution in [0.4, 0.5) is 11.8 Å². The van der Waals surface area contributed by atoms with E-state index in [2.05, 4.69) is 35.1 Å². The average molecular weight is 538 g/mol. The summed E-state index contributed by atoms with van der Waals surface area (Å²) in [6.45, 7) is 4.48. The van der Waals surface area contributed by atoms with Gasteiger partial charge < -0.3 is 19.5 Å². The van der Waals surface area contributed by atoms with E-state index in [1.54, 1.807) is 24.7 Å². The molecule has 198 valence electrons. The second-order valence-electron chi connectivity index (χ2n) is 10.1. The Labute approximate surface area is 221 Å². The molecule has 3 unspecified atom stereocenters. The SMILES string of the molecule is C[C@@H](C(=O)Nc1csc(-c2cnc(N3CC4CC4C3)nc2)n1)n1cnc2[nH]c(=O)n(CC3CCO3)c(=O)c21.[HH]. The number of hydrogen-bond acceptors (Lipinski definition) is 10. The van der Waals surface area contributed by atoms with Crippen molar-refractivity contribution in [1.82, 2.24) is 34.1 Å². The first-order chi connectivity index (χ1) is 18.4. The highest BCUT2D eigenvalue weighted by Gasteiger charge is 2.45. The molecule has 2 saturated heterocycles. The molecule has 3 aliphatic rings. The first kappa shape index (κ1) is 23.2. The Morgan fingerprint density at radius 1 is 1.26 bits per heavy atom. The number of rotatable bonds is 7. The van der Waals surface area contributed by atoms with E-state index in [9.17, 15) is 14.4 Å². The number of H-pyrrole nitrogens is 1. The lowest BCUT2D eigenvalue weighted by atomic mass is 10.2. The van der Waals surface area contributed by atoms with Crippen molar-refractivity contribution in [2.75, 3.05) is 29.9 Å². The molecule has 4 aromatic heterocycles. The number of amides is 1. The normalized spacial score (nSPS) is 22.8. The number of nitrogens with one attached hydrogen (secondary N) is 2. The van der Waals surface area contributed by atoms with E-state index in [-0.39, 0.29) is 31.1 Å². The number of piperidine rings is 1. The van der Waals surface area contributed by atoms with Crippen molar-refractivity contribution in [3.05, 3.63) is 44.9 Å². The number of carbonyl (C=O) groups excluding carboxylic acids is 1. The van der Waals surface area contributed by atoms with Crippen molar-refractivity contribution in [2.24, 2.45) is 11.8 Å².